The number of nitrogens with one attached hydrogen (secondary N) is 1. The highest BCUT2D eigenvalue weighted by molar-refractivity contribution is 5.83. The largest absolute Gasteiger partial charge is 0.493 e. The van der Waals surface area contributed by atoms with Gasteiger partial charge in [-0.2, -0.15) is 0 Å². The van der Waals surface area contributed by atoms with Gasteiger partial charge < -0.3 is 19.4 Å². The number of hydrogen-bond acceptors (Lipinski definition) is 4. The van der Waals surface area contributed by atoms with E-state index in [1.54, 1.807) is 7.11 Å². The Balaban J connectivity index is 1.47. The van der Waals surface area contributed by atoms with Gasteiger partial charge >= 0.3 is 0 Å². The van der Waals surface area contributed by atoms with Crippen molar-refractivity contribution in [1.82, 2.24) is 14.9 Å². The first-order valence-electron chi connectivity index (χ1n) is 10.6. The minimum atomic E-state index is 0.709. The van der Waals surface area contributed by atoms with E-state index in [4.69, 9.17) is 14.5 Å². The number of pyridine rings is 1. The van der Waals surface area contributed by atoms with Crippen molar-refractivity contribution in [2.75, 3.05) is 33.4 Å². The molecule has 0 atom stereocenters. The van der Waals surface area contributed by atoms with Gasteiger partial charge in [0.1, 0.15) is 0 Å². The van der Waals surface area contributed by atoms with Crippen LogP contribution in [0.25, 0.3) is 10.9 Å². The van der Waals surface area contributed by atoms with E-state index in [0.717, 1.165) is 53.5 Å². The number of methoxy groups -OCH3 is 1. The molecule has 1 fully saturated rings. The predicted octanol–water partition coefficient (Wildman–Crippen LogP) is 4.64. The fourth-order valence-corrected chi connectivity index (χ4v) is 4.23. The van der Waals surface area contributed by atoms with Crippen molar-refractivity contribution in [1.29, 1.82) is 0 Å². The molecule has 29 heavy (non-hydrogen) atoms. The van der Waals surface area contributed by atoms with Crippen LogP contribution in [0.4, 0.5) is 0 Å². The maximum Gasteiger partial charge on any atom is 0.161 e. The van der Waals surface area contributed by atoms with Crippen LogP contribution in [0.1, 0.15) is 41.9 Å². The molecule has 3 heterocycles. The molecule has 1 aromatic carbocycles. The van der Waals surface area contributed by atoms with Crippen molar-refractivity contribution in [3.05, 3.63) is 53.0 Å². The number of fused-ring (bicyclic) bond motifs is 1. The van der Waals surface area contributed by atoms with Crippen LogP contribution in [0, 0.1) is 13.8 Å². The van der Waals surface area contributed by atoms with Crippen molar-refractivity contribution in [3.8, 4) is 11.5 Å². The summed E-state index contributed by atoms with van der Waals surface area (Å²) < 4.78 is 11.6. The second-order valence-electron chi connectivity index (χ2n) is 8.04. The molecule has 2 aromatic heterocycles. The Hall–Kier alpha value is -2.53. The second kappa shape index (κ2) is 8.87. The lowest BCUT2D eigenvalue weighted by Gasteiger charge is -2.16. The Kier molecular flexibility index (Phi) is 6.05. The smallest absolute Gasteiger partial charge is 0.161 e. The van der Waals surface area contributed by atoms with Crippen LogP contribution in [0.5, 0.6) is 11.5 Å². The third-order valence-electron chi connectivity index (χ3n) is 5.63. The van der Waals surface area contributed by atoms with Crippen LogP contribution in [-0.2, 0) is 6.42 Å². The van der Waals surface area contributed by atoms with Gasteiger partial charge in [0.25, 0.3) is 0 Å². The number of aromatic amines is 1. The molecule has 1 saturated heterocycles. The molecule has 0 unspecified atom stereocenters. The van der Waals surface area contributed by atoms with Gasteiger partial charge in [0.05, 0.1) is 19.4 Å². The molecule has 1 aliphatic heterocycles. The summed E-state index contributed by atoms with van der Waals surface area (Å²) >= 11 is 0. The van der Waals surface area contributed by atoms with Crippen LogP contribution >= 0.6 is 0 Å². The minimum absolute atomic E-state index is 0.709. The van der Waals surface area contributed by atoms with Gasteiger partial charge in [0, 0.05) is 35.3 Å². The van der Waals surface area contributed by atoms with Gasteiger partial charge in [-0.1, -0.05) is 6.07 Å². The lowest BCUT2D eigenvalue weighted by Crippen LogP contribution is -2.21. The molecule has 0 amide bonds. The third-order valence-corrected chi connectivity index (χ3v) is 5.63. The maximum atomic E-state index is 6.10. The molecule has 3 aromatic rings. The average Bonchev–Trinajstić information content (AvgIpc) is 3.34. The Morgan fingerprint density at radius 3 is 2.69 bits per heavy atom. The van der Waals surface area contributed by atoms with E-state index in [-0.39, 0.29) is 0 Å². The first-order chi connectivity index (χ1) is 14.1. The molecule has 5 nitrogen and oxygen atoms in total. The van der Waals surface area contributed by atoms with Crippen molar-refractivity contribution >= 4 is 10.9 Å². The summed E-state index contributed by atoms with van der Waals surface area (Å²) in [7, 11) is 1.69. The van der Waals surface area contributed by atoms with Crippen LogP contribution in [-0.4, -0.2) is 48.2 Å². The molecule has 4 rings (SSSR count). The predicted molar refractivity (Wildman–Crippen MR) is 117 cm³/mol. The zero-order valence-corrected chi connectivity index (χ0v) is 17.8. The second-order valence-corrected chi connectivity index (χ2v) is 8.04. The van der Waals surface area contributed by atoms with Gasteiger partial charge in [0.2, 0.25) is 0 Å². The number of hydrogen-bond donors (Lipinski definition) is 1. The number of aromatic nitrogens is 2. The monoisotopic (exact) mass is 393 g/mol. The SMILES string of the molecule is COc1ccc(Cc2nc(C)cc3[nH]c(C)cc23)cc1OCCCN1CCCC1. The van der Waals surface area contributed by atoms with Crippen molar-refractivity contribution in [2.45, 2.75) is 39.5 Å². The molecular formula is C24H31N3O2. The minimum Gasteiger partial charge on any atom is -0.493 e. The molecule has 1 aliphatic rings. The number of rotatable bonds is 8. The number of nitrogens with zero attached hydrogens (tertiary/aromatic N) is 2. The van der Waals surface area contributed by atoms with Gasteiger partial charge in [-0.25, -0.2) is 0 Å². The van der Waals surface area contributed by atoms with E-state index >= 15 is 0 Å². The van der Waals surface area contributed by atoms with E-state index in [1.165, 1.54) is 36.9 Å². The highest BCUT2D eigenvalue weighted by atomic mass is 16.5. The zero-order valence-electron chi connectivity index (χ0n) is 17.8. The van der Waals surface area contributed by atoms with Crippen LogP contribution in [0.3, 0.4) is 0 Å². The molecule has 0 saturated carbocycles. The highest BCUT2D eigenvalue weighted by Gasteiger charge is 2.13. The number of likely N-dealkylation sites (tertiary alicyclic amines) is 1. The molecule has 0 radical (unpaired) electrons. The van der Waals surface area contributed by atoms with Crippen molar-refractivity contribution in [2.24, 2.45) is 0 Å². The lowest BCUT2D eigenvalue weighted by atomic mass is 10.1. The molecular weight excluding hydrogens is 362 g/mol. The van der Waals surface area contributed by atoms with E-state index in [1.807, 2.05) is 13.0 Å². The summed E-state index contributed by atoms with van der Waals surface area (Å²) in [5.41, 5.74) is 5.61. The van der Waals surface area contributed by atoms with Gasteiger partial charge in [-0.05, 0) is 76.0 Å². The number of benzene rings is 1. The van der Waals surface area contributed by atoms with E-state index in [0.29, 0.717) is 6.61 Å². The molecule has 0 bridgehead atoms. The van der Waals surface area contributed by atoms with Gasteiger partial charge in [-0.3, -0.25) is 4.98 Å². The summed E-state index contributed by atoms with van der Waals surface area (Å²) in [6, 6.07) is 10.5. The van der Waals surface area contributed by atoms with Gasteiger partial charge in [0.15, 0.2) is 11.5 Å². The van der Waals surface area contributed by atoms with Crippen LogP contribution in [0.2, 0.25) is 0 Å². The quantitative estimate of drug-likeness (QED) is 0.566. The normalized spacial score (nSPS) is 14.6. The summed E-state index contributed by atoms with van der Waals surface area (Å²) in [5, 5.41) is 1.19. The standard InChI is InChI=1S/C24H31N3O2/c1-17-13-20-21(25-17)14-18(2)26-22(20)15-19-7-8-23(28-3)24(16-19)29-12-6-11-27-9-4-5-10-27/h7-8,13-14,16,25H,4-6,9-12,15H2,1-3H3. The third kappa shape index (κ3) is 4.73. The number of H-pyrrole nitrogens is 1. The first-order valence-corrected chi connectivity index (χ1v) is 10.6. The summed E-state index contributed by atoms with van der Waals surface area (Å²) in [6.45, 7) is 8.41. The summed E-state index contributed by atoms with van der Waals surface area (Å²) in [4.78, 5) is 10.7. The first kappa shape index (κ1) is 19.8. The van der Waals surface area contributed by atoms with Crippen molar-refractivity contribution < 1.29 is 9.47 Å². The zero-order chi connectivity index (χ0) is 20.2. The summed E-state index contributed by atoms with van der Waals surface area (Å²) in [5.74, 6) is 1.61. The fourth-order valence-electron chi connectivity index (χ4n) is 4.23. The average molecular weight is 394 g/mol. The lowest BCUT2D eigenvalue weighted by molar-refractivity contribution is 0.254. The highest BCUT2D eigenvalue weighted by Crippen LogP contribution is 2.30. The van der Waals surface area contributed by atoms with E-state index in [2.05, 4.69) is 41.1 Å². The van der Waals surface area contributed by atoms with E-state index < -0.39 is 0 Å². The van der Waals surface area contributed by atoms with E-state index in [9.17, 15) is 0 Å². The Bertz CT molecular complexity index is 974. The topological polar surface area (TPSA) is 50.4 Å². The number of aryl methyl sites for hydroxylation is 2. The Morgan fingerprint density at radius 2 is 1.90 bits per heavy atom. The Morgan fingerprint density at radius 1 is 1.07 bits per heavy atom. The molecule has 0 spiro atoms. The molecule has 5 heteroatoms. The fraction of sp³-hybridized carbons (Fsp3) is 0.458. The molecule has 154 valence electrons. The molecule has 0 aliphatic carbocycles. The van der Waals surface area contributed by atoms with Crippen LogP contribution in [0.15, 0.2) is 30.3 Å². The van der Waals surface area contributed by atoms with Crippen LogP contribution < -0.4 is 9.47 Å². The molecule has 1 N–H and O–H groups in total. The van der Waals surface area contributed by atoms with Gasteiger partial charge in [-0.15, -0.1) is 0 Å². The maximum absolute atomic E-state index is 6.10. The summed E-state index contributed by atoms with van der Waals surface area (Å²) in [6.07, 6.45) is 4.47. The Labute approximate surface area is 173 Å². The number of ether oxygens (including phenoxy) is 2. The van der Waals surface area contributed by atoms with Crippen molar-refractivity contribution in [3.63, 3.8) is 0 Å².